The van der Waals surface area contributed by atoms with E-state index in [1.165, 1.54) is 16.9 Å². The molecule has 1 aliphatic rings. The van der Waals surface area contributed by atoms with E-state index < -0.39 is 0 Å². The molecule has 0 bridgehead atoms. The van der Waals surface area contributed by atoms with Crippen molar-refractivity contribution < 1.29 is 0 Å². The lowest BCUT2D eigenvalue weighted by molar-refractivity contribution is 0.327. The van der Waals surface area contributed by atoms with Crippen LogP contribution in [0.5, 0.6) is 0 Å². The van der Waals surface area contributed by atoms with Gasteiger partial charge in [-0.25, -0.2) is 0 Å². The van der Waals surface area contributed by atoms with Crippen molar-refractivity contribution in [3.63, 3.8) is 0 Å². The number of likely N-dealkylation sites (tertiary alicyclic amines) is 1. The lowest BCUT2D eigenvalue weighted by Crippen LogP contribution is -2.26. The summed E-state index contributed by atoms with van der Waals surface area (Å²) < 4.78 is 2.78. The third-order valence-corrected chi connectivity index (χ3v) is 4.57. The Labute approximate surface area is 110 Å². The highest BCUT2D eigenvalue weighted by Crippen LogP contribution is 2.20. The SMILES string of the molecule is Cn1c(=O)sc2cc(CN3CC[C@H](N)C3)ccc21. The molecule has 0 amide bonds. The molecule has 0 aliphatic carbocycles. The quantitative estimate of drug-likeness (QED) is 0.884. The number of aryl methyl sites for hydroxylation is 1. The number of hydrogen-bond donors (Lipinski definition) is 1. The fraction of sp³-hybridized carbons (Fsp3) is 0.462. The Morgan fingerprint density at radius 3 is 3.06 bits per heavy atom. The van der Waals surface area contributed by atoms with Gasteiger partial charge in [0.05, 0.1) is 10.2 Å². The number of aromatic nitrogens is 1. The summed E-state index contributed by atoms with van der Waals surface area (Å²) in [6.07, 6.45) is 1.08. The van der Waals surface area contributed by atoms with Gasteiger partial charge in [-0.05, 0) is 24.1 Å². The van der Waals surface area contributed by atoms with Crippen molar-refractivity contribution in [3.05, 3.63) is 33.4 Å². The average Bonchev–Trinajstić information content (AvgIpc) is 2.85. The van der Waals surface area contributed by atoms with Crippen molar-refractivity contribution in [1.29, 1.82) is 0 Å². The second-order valence-corrected chi connectivity index (χ2v) is 6.01. The molecule has 1 atom stereocenters. The predicted molar refractivity (Wildman–Crippen MR) is 74.9 cm³/mol. The van der Waals surface area contributed by atoms with E-state index in [1.807, 2.05) is 13.1 Å². The molecule has 0 saturated carbocycles. The van der Waals surface area contributed by atoms with E-state index in [1.54, 1.807) is 4.57 Å². The summed E-state index contributed by atoms with van der Waals surface area (Å²) in [7, 11) is 1.82. The summed E-state index contributed by atoms with van der Waals surface area (Å²) in [5.74, 6) is 0. The van der Waals surface area contributed by atoms with Gasteiger partial charge in [0, 0.05) is 32.7 Å². The van der Waals surface area contributed by atoms with Crippen LogP contribution < -0.4 is 10.6 Å². The van der Waals surface area contributed by atoms with Gasteiger partial charge >= 0.3 is 4.87 Å². The number of nitrogens with zero attached hydrogens (tertiary/aromatic N) is 2. The third-order valence-electron chi connectivity index (χ3n) is 3.57. The molecular formula is C13H17N3OS. The molecule has 1 fully saturated rings. The highest BCUT2D eigenvalue weighted by Gasteiger charge is 2.19. The van der Waals surface area contributed by atoms with Gasteiger partial charge in [-0.1, -0.05) is 17.4 Å². The molecule has 1 aromatic heterocycles. The smallest absolute Gasteiger partial charge is 0.307 e. The molecule has 5 heteroatoms. The molecule has 2 N–H and O–H groups in total. The van der Waals surface area contributed by atoms with Gasteiger partial charge in [0.1, 0.15) is 0 Å². The van der Waals surface area contributed by atoms with Gasteiger partial charge in [0.15, 0.2) is 0 Å². The van der Waals surface area contributed by atoms with Crippen LogP contribution >= 0.6 is 11.3 Å². The normalized spacial score (nSPS) is 20.9. The second kappa shape index (κ2) is 4.50. The maximum atomic E-state index is 11.6. The molecule has 1 aliphatic heterocycles. The van der Waals surface area contributed by atoms with Crippen LogP contribution in [-0.2, 0) is 13.6 Å². The summed E-state index contributed by atoms with van der Waals surface area (Å²) in [6.45, 7) is 2.98. The fourth-order valence-electron chi connectivity index (χ4n) is 2.54. The number of hydrogen-bond acceptors (Lipinski definition) is 4. The van der Waals surface area contributed by atoms with E-state index in [-0.39, 0.29) is 4.87 Å². The predicted octanol–water partition coefficient (Wildman–Crippen LogP) is 1.13. The van der Waals surface area contributed by atoms with Crippen LogP contribution in [0.3, 0.4) is 0 Å². The van der Waals surface area contributed by atoms with Gasteiger partial charge in [0.2, 0.25) is 0 Å². The molecule has 2 aromatic rings. The summed E-state index contributed by atoms with van der Waals surface area (Å²) in [6, 6.07) is 6.60. The first-order valence-corrected chi connectivity index (χ1v) is 7.01. The monoisotopic (exact) mass is 263 g/mol. The van der Waals surface area contributed by atoms with Crippen LogP contribution in [0.1, 0.15) is 12.0 Å². The Hall–Kier alpha value is -1.17. The van der Waals surface area contributed by atoms with Crippen molar-refractivity contribution in [1.82, 2.24) is 9.47 Å². The Morgan fingerprint density at radius 1 is 1.50 bits per heavy atom. The van der Waals surface area contributed by atoms with Gasteiger partial charge in [-0.3, -0.25) is 9.69 Å². The summed E-state index contributed by atoms with van der Waals surface area (Å²) in [5, 5.41) is 0. The van der Waals surface area contributed by atoms with E-state index in [4.69, 9.17) is 5.73 Å². The van der Waals surface area contributed by atoms with Crippen LogP contribution in [-0.4, -0.2) is 28.6 Å². The van der Waals surface area contributed by atoms with E-state index in [0.717, 1.165) is 36.3 Å². The zero-order chi connectivity index (χ0) is 12.7. The van der Waals surface area contributed by atoms with Crippen molar-refractivity contribution in [3.8, 4) is 0 Å². The Balaban J connectivity index is 1.87. The number of thiazole rings is 1. The van der Waals surface area contributed by atoms with Crippen LogP contribution in [0.25, 0.3) is 10.2 Å². The number of nitrogens with two attached hydrogens (primary N) is 1. The first-order chi connectivity index (χ1) is 8.63. The Morgan fingerprint density at radius 2 is 2.33 bits per heavy atom. The highest BCUT2D eigenvalue weighted by molar-refractivity contribution is 7.16. The molecule has 1 saturated heterocycles. The maximum absolute atomic E-state index is 11.6. The van der Waals surface area contributed by atoms with E-state index in [2.05, 4.69) is 17.0 Å². The second-order valence-electron chi connectivity index (χ2n) is 5.01. The van der Waals surface area contributed by atoms with Gasteiger partial charge < -0.3 is 10.3 Å². The Bertz CT molecular complexity index is 631. The molecule has 1 aromatic carbocycles. The molecule has 0 spiro atoms. The third kappa shape index (κ3) is 2.09. The number of benzene rings is 1. The molecule has 0 unspecified atom stereocenters. The fourth-order valence-corrected chi connectivity index (χ4v) is 3.48. The average molecular weight is 263 g/mol. The minimum Gasteiger partial charge on any atom is -0.326 e. The zero-order valence-corrected chi connectivity index (χ0v) is 11.2. The molecule has 0 radical (unpaired) electrons. The molecule has 2 heterocycles. The standard InChI is InChI=1S/C13H17N3OS/c1-15-11-3-2-9(6-12(11)18-13(15)17)7-16-5-4-10(14)8-16/h2-3,6,10H,4-5,7-8,14H2,1H3/t10-/m0/s1. The number of fused-ring (bicyclic) bond motifs is 1. The summed E-state index contributed by atoms with van der Waals surface area (Å²) in [4.78, 5) is 14.1. The zero-order valence-electron chi connectivity index (χ0n) is 10.4. The van der Waals surface area contributed by atoms with E-state index >= 15 is 0 Å². The molecule has 3 rings (SSSR count). The summed E-state index contributed by atoms with van der Waals surface area (Å²) >= 11 is 1.32. The van der Waals surface area contributed by atoms with Gasteiger partial charge in [-0.2, -0.15) is 0 Å². The maximum Gasteiger partial charge on any atom is 0.307 e. The van der Waals surface area contributed by atoms with Crippen LogP contribution in [0.15, 0.2) is 23.0 Å². The van der Waals surface area contributed by atoms with Crippen molar-refractivity contribution >= 4 is 21.6 Å². The Kier molecular flexibility index (Phi) is 2.97. The van der Waals surface area contributed by atoms with Crippen LogP contribution in [0, 0.1) is 0 Å². The topological polar surface area (TPSA) is 51.3 Å². The molecule has 4 nitrogen and oxygen atoms in total. The lowest BCUT2D eigenvalue weighted by Gasteiger charge is -2.15. The van der Waals surface area contributed by atoms with Gasteiger partial charge in [-0.15, -0.1) is 0 Å². The van der Waals surface area contributed by atoms with Crippen molar-refractivity contribution in [2.24, 2.45) is 12.8 Å². The number of rotatable bonds is 2. The first-order valence-electron chi connectivity index (χ1n) is 6.20. The van der Waals surface area contributed by atoms with Crippen LogP contribution in [0.4, 0.5) is 0 Å². The largest absolute Gasteiger partial charge is 0.326 e. The van der Waals surface area contributed by atoms with Gasteiger partial charge in [0.25, 0.3) is 0 Å². The van der Waals surface area contributed by atoms with Crippen molar-refractivity contribution in [2.75, 3.05) is 13.1 Å². The highest BCUT2D eigenvalue weighted by atomic mass is 32.1. The minimum absolute atomic E-state index is 0.102. The lowest BCUT2D eigenvalue weighted by atomic mass is 10.2. The molecule has 18 heavy (non-hydrogen) atoms. The van der Waals surface area contributed by atoms with E-state index in [0.29, 0.717) is 6.04 Å². The molecular weight excluding hydrogens is 246 g/mol. The first kappa shape index (κ1) is 11.9. The minimum atomic E-state index is 0.102. The molecule has 96 valence electrons. The van der Waals surface area contributed by atoms with E-state index in [9.17, 15) is 4.79 Å². The van der Waals surface area contributed by atoms with Crippen molar-refractivity contribution in [2.45, 2.75) is 19.0 Å². The summed E-state index contributed by atoms with van der Waals surface area (Å²) in [5.41, 5.74) is 8.19. The van der Waals surface area contributed by atoms with Crippen LogP contribution in [0.2, 0.25) is 0 Å².